The van der Waals surface area contributed by atoms with Gasteiger partial charge in [0.25, 0.3) is 5.69 Å². The van der Waals surface area contributed by atoms with Gasteiger partial charge in [-0.2, -0.15) is 0 Å². The van der Waals surface area contributed by atoms with Crippen molar-refractivity contribution in [2.75, 3.05) is 4.90 Å². The summed E-state index contributed by atoms with van der Waals surface area (Å²) >= 11 is 0. The fourth-order valence-corrected chi connectivity index (χ4v) is 3.50. The van der Waals surface area contributed by atoms with Crippen molar-refractivity contribution < 1.29 is 23.2 Å². The van der Waals surface area contributed by atoms with Crippen molar-refractivity contribution in [2.24, 2.45) is 0 Å². The second-order valence-corrected chi connectivity index (χ2v) is 6.39. The molecular formula is C17H13F2N3O4. The first kappa shape index (κ1) is 16.2. The molecule has 2 atom stereocenters. The number of nitrogens with zero attached hydrogens (tertiary/aromatic N) is 2. The van der Waals surface area contributed by atoms with Gasteiger partial charge in [0.15, 0.2) is 5.72 Å². The van der Waals surface area contributed by atoms with Crippen LogP contribution in [-0.2, 0) is 0 Å². The second kappa shape index (κ2) is 5.38. The fourth-order valence-electron chi connectivity index (χ4n) is 3.50. The number of nitro benzene ring substituents is 1. The number of nitro groups is 1. The topological polar surface area (TPSA) is 84.7 Å². The summed E-state index contributed by atoms with van der Waals surface area (Å²) in [5.41, 5.74) is -1.16. The standard InChI is InChI=1S/C17H13F2N3O4/c1-17-8-13(11-7-10(22(24)25)3-5-15(11)26-17)20-16(23)21(17)14-6-9(18)2-4-12(14)19/h2-7,13H,8H2,1H3,(H,20,23). The van der Waals surface area contributed by atoms with Crippen LogP contribution in [-0.4, -0.2) is 16.7 Å². The lowest BCUT2D eigenvalue weighted by Gasteiger charge is -2.50. The van der Waals surface area contributed by atoms with Crippen molar-refractivity contribution in [3.05, 3.63) is 63.7 Å². The van der Waals surface area contributed by atoms with Crippen LogP contribution < -0.4 is 15.0 Å². The normalized spacial score (nSPS) is 23.7. The Bertz CT molecular complexity index is 952. The van der Waals surface area contributed by atoms with E-state index in [1.165, 1.54) is 18.2 Å². The summed E-state index contributed by atoms with van der Waals surface area (Å²) in [5, 5.41) is 13.7. The van der Waals surface area contributed by atoms with Gasteiger partial charge in [-0.15, -0.1) is 0 Å². The largest absolute Gasteiger partial charge is 0.467 e. The number of halogens is 2. The number of nitrogens with one attached hydrogen (secondary N) is 1. The van der Waals surface area contributed by atoms with Gasteiger partial charge >= 0.3 is 6.03 Å². The van der Waals surface area contributed by atoms with Gasteiger partial charge in [-0.3, -0.25) is 15.0 Å². The van der Waals surface area contributed by atoms with E-state index < -0.39 is 34.4 Å². The average molecular weight is 361 g/mol. The Morgan fingerprint density at radius 3 is 2.81 bits per heavy atom. The third-order valence-corrected chi connectivity index (χ3v) is 4.62. The summed E-state index contributed by atoms with van der Waals surface area (Å²) in [6, 6.07) is 5.69. The van der Waals surface area contributed by atoms with Crippen molar-refractivity contribution in [3.8, 4) is 5.75 Å². The summed E-state index contributed by atoms with van der Waals surface area (Å²) < 4.78 is 33.8. The summed E-state index contributed by atoms with van der Waals surface area (Å²) in [7, 11) is 0. The van der Waals surface area contributed by atoms with Crippen LogP contribution in [0.2, 0.25) is 0 Å². The number of carbonyl (C=O) groups is 1. The van der Waals surface area contributed by atoms with Crippen molar-refractivity contribution >= 4 is 17.4 Å². The molecule has 0 spiro atoms. The zero-order chi connectivity index (χ0) is 18.6. The molecule has 2 bridgehead atoms. The molecule has 134 valence electrons. The van der Waals surface area contributed by atoms with E-state index >= 15 is 0 Å². The number of urea groups is 1. The van der Waals surface area contributed by atoms with E-state index in [1.54, 1.807) is 6.92 Å². The van der Waals surface area contributed by atoms with E-state index in [2.05, 4.69) is 5.32 Å². The van der Waals surface area contributed by atoms with Gasteiger partial charge in [0, 0.05) is 30.2 Å². The van der Waals surface area contributed by atoms with Gasteiger partial charge in [0.1, 0.15) is 17.4 Å². The SMILES string of the molecule is CC12CC(NC(=O)N1c1cc(F)ccc1F)c1cc([N+](=O)[O-])ccc1O2. The molecule has 2 aromatic rings. The first-order valence-corrected chi connectivity index (χ1v) is 7.82. The number of non-ortho nitro benzene ring substituents is 1. The molecule has 2 unspecified atom stereocenters. The minimum Gasteiger partial charge on any atom is -0.467 e. The highest BCUT2D eigenvalue weighted by atomic mass is 19.1. The predicted octanol–water partition coefficient (Wildman–Crippen LogP) is 3.64. The zero-order valence-electron chi connectivity index (χ0n) is 13.5. The third-order valence-electron chi connectivity index (χ3n) is 4.62. The van der Waals surface area contributed by atoms with E-state index in [0.29, 0.717) is 11.3 Å². The Kier molecular flexibility index (Phi) is 3.36. The monoisotopic (exact) mass is 361 g/mol. The first-order valence-electron chi connectivity index (χ1n) is 7.82. The molecule has 0 aliphatic carbocycles. The van der Waals surface area contributed by atoms with Gasteiger partial charge < -0.3 is 10.1 Å². The van der Waals surface area contributed by atoms with Crippen molar-refractivity contribution in [3.63, 3.8) is 0 Å². The first-order chi connectivity index (χ1) is 12.3. The van der Waals surface area contributed by atoms with Crippen LogP contribution in [0.25, 0.3) is 0 Å². The van der Waals surface area contributed by atoms with Gasteiger partial charge in [-0.25, -0.2) is 13.6 Å². The van der Waals surface area contributed by atoms with E-state index in [9.17, 15) is 23.7 Å². The van der Waals surface area contributed by atoms with Crippen LogP contribution in [0.1, 0.15) is 24.9 Å². The molecule has 2 aliphatic rings. The number of ether oxygens (including phenoxy) is 1. The van der Waals surface area contributed by atoms with Crippen molar-refractivity contribution in [1.29, 1.82) is 0 Å². The Hall–Kier alpha value is -3.23. The van der Waals surface area contributed by atoms with Gasteiger partial charge in [0.05, 0.1) is 16.7 Å². The summed E-state index contributed by atoms with van der Waals surface area (Å²) in [4.78, 5) is 24.1. The van der Waals surface area contributed by atoms with Crippen LogP contribution in [0.3, 0.4) is 0 Å². The molecule has 26 heavy (non-hydrogen) atoms. The predicted molar refractivity (Wildman–Crippen MR) is 86.9 cm³/mol. The van der Waals surface area contributed by atoms with E-state index in [0.717, 1.165) is 23.1 Å². The maximum absolute atomic E-state index is 14.2. The minimum atomic E-state index is -1.27. The molecule has 0 aromatic heterocycles. The minimum absolute atomic E-state index is 0.121. The van der Waals surface area contributed by atoms with Crippen LogP contribution in [0, 0.1) is 21.7 Å². The maximum Gasteiger partial charge on any atom is 0.325 e. The number of anilines is 1. The molecule has 7 nitrogen and oxygen atoms in total. The number of rotatable bonds is 2. The number of benzene rings is 2. The maximum atomic E-state index is 14.2. The number of hydrogen-bond donors (Lipinski definition) is 1. The Balaban J connectivity index is 1.81. The molecule has 2 aliphatic heterocycles. The molecule has 1 saturated heterocycles. The highest BCUT2D eigenvalue weighted by Crippen LogP contribution is 2.46. The van der Waals surface area contributed by atoms with Gasteiger partial charge in [-0.1, -0.05) is 0 Å². The molecule has 0 saturated carbocycles. The third kappa shape index (κ3) is 2.35. The lowest BCUT2D eigenvalue weighted by molar-refractivity contribution is -0.385. The molecule has 2 aromatic carbocycles. The number of carbonyl (C=O) groups excluding carboxylic acids is 1. The molecule has 0 radical (unpaired) electrons. The van der Waals surface area contributed by atoms with Crippen LogP contribution >= 0.6 is 0 Å². The summed E-state index contributed by atoms with van der Waals surface area (Å²) in [6.45, 7) is 1.59. The number of hydrogen-bond acceptors (Lipinski definition) is 4. The fraction of sp³-hybridized carbons (Fsp3) is 0.235. The van der Waals surface area contributed by atoms with E-state index in [1.807, 2.05) is 0 Å². The van der Waals surface area contributed by atoms with E-state index in [4.69, 9.17) is 4.74 Å². The number of fused-ring (bicyclic) bond motifs is 4. The Morgan fingerprint density at radius 2 is 2.08 bits per heavy atom. The molecular weight excluding hydrogens is 348 g/mol. The second-order valence-electron chi connectivity index (χ2n) is 6.39. The van der Waals surface area contributed by atoms with Crippen LogP contribution in [0.4, 0.5) is 25.0 Å². The Morgan fingerprint density at radius 1 is 1.31 bits per heavy atom. The molecule has 4 rings (SSSR count). The molecule has 2 amide bonds. The van der Waals surface area contributed by atoms with E-state index in [-0.39, 0.29) is 17.8 Å². The average Bonchev–Trinajstić information content (AvgIpc) is 2.56. The summed E-state index contributed by atoms with van der Waals surface area (Å²) in [5.74, 6) is -1.11. The molecule has 1 N–H and O–H groups in total. The summed E-state index contributed by atoms with van der Waals surface area (Å²) in [6.07, 6.45) is 0.211. The lowest BCUT2D eigenvalue weighted by atomic mass is 9.90. The van der Waals surface area contributed by atoms with Crippen molar-refractivity contribution in [2.45, 2.75) is 25.1 Å². The van der Waals surface area contributed by atoms with Gasteiger partial charge in [0.2, 0.25) is 0 Å². The number of amides is 2. The lowest BCUT2D eigenvalue weighted by Crippen LogP contribution is -2.65. The van der Waals surface area contributed by atoms with Crippen molar-refractivity contribution in [1.82, 2.24) is 5.32 Å². The van der Waals surface area contributed by atoms with Crippen LogP contribution in [0.5, 0.6) is 5.75 Å². The molecule has 2 heterocycles. The van der Waals surface area contributed by atoms with Crippen LogP contribution in [0.15, 0.2) is 36.4 Å². The highest BCUT2D eigenvalue weighted by Gasteiger charge is 2.50. The van der Waals surface area contributed by atoms with Gasteiger partial charge in [-0.05, 0) is 25.1 Å². The zero-order valence-corrected chi connectivity index (χ0v) is 13.5. The molecule has 9 heteroatoms. The smallest absolute Gasteiger partial charge is 0.325 e. The quantitative estimate of drug-likeness (QED) is 0.654. The Labute approximate surface area is 146 Å². The highest BCUT2D eigenvalue weighted by molar-refractivity contribution is 5.95. The molecule has 1 fully saturated rings.